The first kappa shape index (κ1) is 28.0. The lowest BCUT2D eigenvalue weighted by Crippen LogP contribution is -2.62. The summed E-state index contributed by atoms with van der Waals surface area (Å²) in [6, 6.07) is 6.81. The Labute approximate surface area is 253 Å². The second kappa shape index (κ2) is 11.0. The lowest BCUT2D eigenvalue weighted by molar-refractivity contribution is -0.129. The van der Waals surface area contributed by atoms with Crippen molar-refractivity contribution >= 4 is 28.9 Å². The molecule has 2 fully saturated rings. The molecule has 6 heterocycles. The average Bonchev–Trinajstić information content (AvgIpc) is 3.44. The van der Waals surface area contributed by atoms with Crippen molar-refractivity contribution in [2.45, 2.75) is 63.7 Å². The summed E-state index contributed by atoms with van der Waals surface area (Å²) in [5, 5.41) is 0. The number of likely N-dealkylation sites (N-methyl/N-ethyl adjacent to an activating group) is 1. The third-order valence-corrected chi connectivity index (χ3v) is 10.1. The lowest BCUT2D eigenvalue weighted by Gasteiger charge is -2.49. The first-order valence-electron chi connectivity index (χ1n) is 15.7. The highest BCUT2D eigenvalue weighted by molar-refractivity contribution is 5.99. The molecule has 3 atom stereocenters. The zero-order valence-electron chi connectivity index (χ0n) is 25.6. The fourth-order valence-corrected chi connectivity index (χ4v) is 7.63. The van der Waals surface area contributed by atoms with Crippen molar-refractivity contribution in [2.75, 3.05) is 68.2 Å². The van der Waals surface area contributed by atoms with E-state index < -0.39 is 0 Å². The highest BCUT2D eigenvalue weighted by Gasteiger charge is 2.42. The number of amides is 2. The van der Waals surface area contributed by atoms with Crippen molar-refractivity contribution in [2.24, 2.45) is 0 Å². The van der Waals surface area contributed by atoms with Gasteiger partial charge in [0.25, 0.3) is 5.88 Å². The van der Waals surface area contributed by atoms with Gasteiger partial charge in [-0.1, -0.05) is 18.7 Å². The number of rotatable bonds is 5. The molecule has 1 aromatic heterocycles. The third-order valence-electron chi connectivity index (χ3n) is 10.1. The third kappa shape index (κ3) is 4.80. The van der Waals surface area contributed by atoms with Gasteiger partial charge in [0, 0.05) is 50.7 Å². The number of carbonyl (C=O) groups is 2. The number of nitrogens with zero attached hydrogens (tertiary/aromatic N) is 6. The molecule has 5 aliphatic heterocycles. The summed E-state index contributed by atoms with van der Waals surface area (Å²) < 4.78 is 13.0. The van der Waals surface area contributed by atoms with Gasteiger partial charge in [0.1, 0.15) is 13.2 Å². The molecule has 5 aliphatic rings. The van der Waals surface area contributed by atoms with Crippen molar-refractivity contribution in [3.05, 3.63) is 47.7 Å². The summed E-state index contributed by atoms with van der Waals surface area (Å²) in [6.07, 6.45) is 5.82. The van der Waals surface area contributed by atoms with Gasteiger partial charge in [-0.05, 0) is 63.9 Å². The monoisotopic (exact) mass is 586 g/mol. The molecule has 7 rings (SSSR count). The normalized spacial score (nSPS) is 25.0. The Morgan fingerprint density at radius 1 is 1.16 bits per heavy atom. The van der Waals surface area contributed by atoms with Gasteiger partial charge in [-0.2, -0.15) is 0 Å². The largest absolute Gasteiger partial charge is 0.484 e. The zero-order valence-corrected chi connectivity index (χ0v) is 25.6. The van der Waals surface area contributed by atoms with Crippen LogP contribution in [0.1, 0.15) is 43.0 Å². The molecule has 0 spiro atoms. The van der Waals surface area contributed by atoms with Gasteiger partial charge in [0.15, 0.2) is 0 Å². The number of hydrogen-bond donors (Lipinski definition) is 0. The molecule has 2 amide bonds. The minimum absolute atomic E-state index is 0.0373. The van der Waals surface area contributed by atoms with Crippen LogP contribution in [0.15, 0.2) is 30.9 Å². The van der Waals surface area contributed by atoms with E-state index >= 15 is 0 Å². The molecule has 228 valence electrons. The maximum Gasteiger partial charge on any atom is 0.259 e. The van der Waals surface area contributed by atoms with Crippen LogP contribution in [0.5, 0.6) is 11.6 Å². The standard InChI is InChI=1S/C33H42N6O4/c1-5-28(40)38-17-24-20-42-32-31(39(24)16-21(38)2)25-13-15-37(27-10-6-8-22-11-12-29(41)36(4)30(22)27)18-26(25)34-33(32)43-19-23-9-7-14-35(23)3/h5-6,8,10,21,23-24H,1,7,9,11-20H2,2-4H3/t21-,23+,24-/m1/s1. The van der Waals surface area contributed by atoms with E-state index in [1.54, 1.807) is 0 Å². The summed E-state index contributed by atoms with van der Waals surface area (Å²) in [5.74, 6) is 1.42. The Bertz CT molecular complexity index is 1460. The quantitative estimate of drug-likeness (QED) is 0.495. The van der Waals surface area contributed by atoms with Gasteiger partial charge < -0.3 is 34.0 Å². The van der Waals surface area contributed by atoms with Gasteiger partial charge in [0.05, 0.1) is 35.3 Å². The fourth-order valence-electron chi connectivity index (χ4n) is 7.63. The average molecular weight is 587 g/mol. The Hall–Kier alpha value is -3.79. The first-order valence-corrected chi connectivity index (χ1v) is 15.7. The number of ether oxygens (including phenoxy) is 2. The molecular formula is C33H42N6O4. The Kier molecular flexibility index (Phi) is 7.19. The van der Waals surface area contributed by atoms with E-state index in [0.29, 0.717) is 51.2 Å². The van der Waals surface area contributed by atoms with E-state index in [0.717, 1.165) is 60.9 Å². The topological polar surface area (TPSA) is 81.7 Å². The van der Waals surface area contributed by atoms with E-state index in [4.69, 9.17) is 14.5 Å². The number of para-hydroxylation sites is 1. The van der Waals surface area contributed by atoms with Crippen LogP contribution in [-0.2, 0) is 29.0 Å². The summed E-state index contributed by atoms with van der Waals surface area (Å²) in [6.45, 7) is 10.7. The van der Waals surface area contributed by atoms with Crippen LogP contribution in [0.3, 0.4) is 0 Å². The Morgan fingerprint density at radius 2 is 2.02 bits per heavy atom. The second-order valence-electron chi connectivity index (χ2n) is 12.7. The number of pyridine rings is 1. The number of aromatic nitrogens is 1. The fraction of sp³-hybridized carbons (Fsp3) is 0.545. The van der Waals surface area contributed by atoms with Gasteiger partial charge in [-0.3, -0.25) is 9.59 Å². The minimum atomic E-state index is -0.0373. The predicted molar refractivity (Wildman–Crippen MR) is 166 cm³/mol. The number of anilines is 3. The molecule has 43 heavy (non-hydrogen) atoms. The van der Waals surface area contributed by atoms with E-state index in [9.17, 15) is 9.59 Å². The van der Waals surface area contributed by atoms with E-state index in [2.05, 4.69) is 53.4 Å². The van der Waals surface area contributed by atoms with Crippen molar-refractivity contribution in [3.8, 4) is 11.6 Å². The molecule has 0 N–H and O–H groups in total. The maximum absolute atomic E-state index is 12.7. The van der Waals surface area contributed by atoms with Gasteiger partial charge in [0.2, 0.25) is 17.6 Å². The molecule has 10 nitrogen and oxygen atoms in total. The van der Waals surface area contributed by atoms with Crippen LogP contribution in [0, 0.1) is 0 Å². The molecule has 0 radical (unpaired) electrons. The van der Waals surface area contributed by atoms with E-state index in [-0.39, 0.29) is 23.9 Å². The van der Waals surface area contributed by atoms with Crippen LogP contribution in [0.4, 0.5) is 17.1 Å². The van der Waals surface area contributed by atoms with Gasteiger partial charge >= 0.3 is 0 Å². The molecule has 0 saturated carbocycles. The highest BCUT2D eigenvalue weighted by atomic mass is 16.5. The van der Waals surface area contributed by atoms with Crippen molar-refractivity contribution in [1.82, 2.24) is 14.8 Å². The van der Waals surface area contributed by atoms with Crippen LogP contribution in [0.2, 0.25) is 0 Å². The molecule has 2 saturated heterocycles. The molecule has 10 heteroatoms. The molecular weight excluding hydrogens is 544 g/mol. The SMILES string of the molecule is C=CC(=O)N1C[C@@H]2COc3c(OC[C@@H]4CCCN4C)nc4c(c3N2C[C@H]1C)CCN(c1cccc2c1N(C)C(=O)CC2)C4. The van der Waals surface area contributed by atoms with Crippen LogP contribution < -0.4 is 24.2 Å². The Morgan fingerprint density at radius 3 is 2.81 bits per heavy atom. The highest BCUT2D eigenvalue weighted by Crippen LogP contribution is 2.48. The van der Waals surface area contributed by atoms with Crippen LogP contribution >= 0.6 is 0 Å². The number of likely N-dealkylation sites (tertiary alicyclic amines) is 1. The number of benzene rings is 1. The minimum Gasteiger partial charge on any atom is -0.484 e. The van der Waals surface area contributed by atoms with Crippen molar-refractivity contribution in [1.29, 1.82) is 0 Å². The smallest absolute Gasteiger partial charge is 0.259 e. The molecule has 0 aliphatic carbocycles. The van der Waals surface area contributed by atoms with Crippen molar-refractivity contribution in [3.63, 3.8) is 0 Å². The number of piperazine rings is 1. The molecule has 0 unspecified atom stereocenters. The summed E-state index contributed by atoms with van der Waals surface area (Å²) in [4.78, 5) is 41.3. The summed E-state index contributed by atoms with van der Waals surface area (Å²) in [7, 11) is 4.04. The first-order chi connectivity index (χ1) is 20.8. The summed E-state index contributed by atoms with van der Waals surface area (Å²) >= 11 is 0. The zero-order chi connectivity index (χ0) is 29.8. The maximum atomic E-state index is 12.7. The predicted octanol–water partition coefficient (Wildman–Crippen LogP) is 3.01. The number of aryl methyl sites for hydroxylation is 1. The number of fused-ring (bicyclic) bond motifs is 6. The molecule has 2 aromatic rings. The molecule has 0 bridgehead atoms. The number of hydrogen-bond acceptors (Lipinski definition) is 8. The summed E-state index contributed by atoms with van der Waals surface area (Å²) in [5.41, 5.74) is 6.57. The van der Waals surface area contributed by atoms with E-state index in [1.165, 1.54) is 23.6 Å². The van der Waals surface area contributed by atoms with Crippen LogP contribution in [-0.4, -0.2) is 98.2 Å². The lowest BCUT2D eigenvalue weighted by atomic mass is 9.95. The van der Waals surface area contributed by atoms with E-state index in [1.807, 2.05) is 16.8 Å². The van der Waals surface area contributed by atoms with Gasteiger partial charge in [-0.15, -0.1) is 0 Å². The van der Waals surface area contributed by atoms with Crippen molar-refractivity contribution < 1.29 is 19.1 Å². The molecule has 1 aromatic carbocycles. The van der Waals surface area contributed by atoms with Gasteiger partial charge in [-0.25, -0.2) is 4.98 Å². The Balaban J connectivity index is 1.26. The van der Waals surface area contributed by atoms with Crippen LogP contribution in [0.25, 0.3) is 0 Å². The number of carbonyl (C=O) groups excluding carboxylic acids is 2. The second-order valence-corrected chi connectivity index (χ2v) is 12.7.